The van der Waals surface area contributed by atoms with E-state index < -0.39 is 15.7 Å². The third kappa shape index (κ3) is 8.18. The van der Waals surface area contributed by atoms with Gasteiger partial charge in [-0.05, 0) is 74.7 Å². The second kappa shape index (κ2) is 15.8. The number of fused-ring (bicyclic) bond motifs is 1. The summed E-state index contributed by atoms with van der Waals surface area (Å²) >= 11 is 0. The molecule has 9 nitrogen and oxygen atoms in total. The van der Waals surface area contributed by atoms with Gasteiger partial charge >= 0.3 is 0 Å². The Morgan fingerprint density at radius 2 is 1.61 bits per heavy atom. The van der Waals surface area contributed by atoms with Gasteiger partial charge in [0, 0.05) is 68.1 Å². The summed E-state index contributed by atoms with van der Waals surface area (Å²) in [5.41, 5.74) is 6.44. The average molecular weight is 707 g/mol. The van der Waals surface area contributed by atoms with E-state index in [4.69, 9.17) is 14.5 Å². The molecule has 266 valence electrons. The number of carbonyl (C=O) groups is 1. The van der Waals surface area contributed by atoms with Gasteiger partial charge in [-0.3, -0.25) is 9.69 Å². The molecule has 2 atom stereocenters. The highest BCUT2D eigenvalue weighted by Crippen LogP contribution is 2.44. The van der Waals surface area contributed by atoms with Gasteiger partial charge in [0.1, 0.15) is 16.7 Å². The van der Waals surface area contributed by atoms with Crippen LogP contribution in [0.25, 0.3) is 11.3 Å². The van der Waals surface area contributed by atoms with Crippen LogP contribution in [0.5, 0.6) is 11.5 Å². The van der Waals surface area contributed by atoms with Gasteiger partial charge in [0.25, 0.3) is 5.91 Å². The van der Waals surface area contributed by atoms with Crippen molar-refractivity contribution in [3.63, 3.8) is 0 Å². The molecule has 1 N–H and O–H groups in total. The second-order valence-electron chi connectivity index (χ2n) is 13.8. The highest BCUT2D eigenvalue weighted by molar-refractivity contribution is 7.84. The van der Waals surface area contributed by atoms with E-state index in [1.165, 1.54) is 5.56 Å². The molecule has 6 rings (SSSR count). The number of carbonyl (C=O) groups excluding carboxylic acids is 1. The van der Waals surface area contributed by atoms with E-state index in [0.717, 1.165) is 47.5 Å². The molecule has 1 fully saturated rings. The summed E-state index contributed by atoms with van der Waals surface area (Å²) in [4.78, 5) is 23.5. The summed E-state index contributed by atoms with van der Waals surface area (Å²) in [7, 11) is 1.83. The monoisotopic (exact) mass is 706 g/mol. The predicted molar refractivity (Wildman–Crippen MR) is 201 cm³/mol. The first-order valence-electron chi connectivity index (χ1n) is 17.3. The number of aliphatic hydroxyl groups is 1. The lowest BCUT2D eigenvalue weighted by atomic mass is 9.95. The number of pyridine rings is 1. The number of benzene rings is 3. The number of nitrogens with zero attached hydrogens (tertiary/aromatic N) is 4. The normalized spacial score (nSPS) is 17.0. The molecule has 51 heavy (non-hydrogen) atoms. The fourth-order valence-electron chi connectivity index (χ4n) is 6.71. The van der Waals surface area contributed by atoms with Crippen molar-refractivity contribution in [1.82, 2.24) is 19.1 Å². The lowest BCUT2D eigenvalue weighted by Gasteiger charge is -2.34. The Bertz CT molecular complexity index is 1960. The highest BCUT2D eigenvalue weighted by atomic mass is 32.2. The number of aliphatic hydroxyl groups excluding tert-OH is 1. The van der Waals surface area contributed by atoms with Crippen molar-refractivity contribution < 1.29 is 23.6 Å². The summed E-state index contributed by atoms with van der Waals surface area (Å²) in [6, 6.07) is 25.3. The maximum Gasteiger partial charge on any atom is 0.272 e. The molecule has 1 amide bonds. The van der Waals surface area contributed by atoms with Crippen LogP contribution in [-0.4, -0.2) is 86.1 Å². The van der Waals surface area contributed by atoms with Gasteiger partial charge in [0.2, 0.25) is 0 Å². The molecule has 0 unspecified atom stereocenters. The van der Waals surface area contributed by atoms with E-state index >= 15 is 0 Å². The Hall–Kier alpha value is -4.53. The van der Waals surface area contributed by atoms with E-state index in [1.54, 1.807) is 14.2 Å². The number of aromatic nitrogens is 1. The lowest BCUT2D eigenvalue weighted by molar-refractivity contribution is 0.0622. The van der Waals surface area contributed by atoms with Gasteiger partial charge in [-0.2, -0.15) is 0 Å². The zero-order valence-electron chi connectivity index (χ0n) is 30.0. The molecular weight excluding hydrogens is 661 g/mol. The summed E-state index contributed by atoms with van der Waals surface area (Å²) < 4.78 is 26.1. The maximum absolute atomic E-state index is 14.1. The Labute approximate surface area is 303 Å². The second-order valence-corrected chi connectivity index (χ2v) is 16.0. The molecule has 3 heterocycles. The van der Waals surface area contributed by atoms with Crippen molar-refractivity contribution in [2.45, 2.75) is 51.1 Å². The molecule has 4 aromatic rings. The SMILES string of the molecule is COc1ccc(C#Cc2cccc(-c3nc(C(=O)N4CCN(Cc5ccccc5)CC4)cc4c3[C@@H](CCO)N([S@](=O)C(C)(C)C)C4)c2)cc1OC. The number of amides is 1. The molecule has 0 spiro atoms. The van der Waals surface area contributed by atoms with E-state index in [-0.39, 0.29) is 18.6 Å². The van der Waals surface area contributed by atoms with Crippen LogP contribution in [0, 0.1) is 11.8 Å². The van der Waals surface area contributed by atoms with Gasteiger partial charge in [-0.25, -0.2) is 13.5 Å². The maximum atomic E-state index is 14.1. The van der Waals surface area contributed by atoms with Gasteiger partial charge in [0.05, 0.1) is 30.7 Å². The third-order valence-corrected chi connectivity index (χ3v) is 11.1. The highest BCUT2D eigenvalue weighted by Gasteiger charge is 2.41. The molecule has 0 bridgehead atoms. The molecule has 0 aliphatic carbocycles. The van der Waals surface area contributed by atoms with Crippen LogP contribution in [-0.2, 0) is 24.1 Å². The van der Waals surface area contributed by atoms with Crippen molar-refractivity contribution in [3.8, 4) is 34.6 Å². The Kier molecular flexibility index (Phi) is 11.2. The number of hydrogen-bond donors (Lipinski definition) is 1. The van der Waals surface area contributed by atoms with Crippen LogP contribution in [0.4, 0.5) is 0 Å². The Morgan fingerprint density at radius 1 is 0.902 bits per heavy atom. The first-order chi connectivity index (χ1) is 24.6. The Balaban J connectivity index is 1.35. The summed E-state index contributed by atoms with van der Waals surface area (Å²) in [5.74, 6) is 7.61. The van der Waals surface area contributed by atoms with Crippen LogP contribution in [0.3, 0.4) is 0 Å². The standard InChI is InChI=1S/C41H46N4O5S/c1-41(2,3)51(48)45-28-33-26-34(40(47)44-21-19-43(20-22-44)27-31-10-7-6-8-11-31)42-39(38(33)35(45)18-23-46)32-13-9-12-29(24-32)14-15-30-16-17-36(49-4)37(25-30)50-5/h6-13,16-17,24-26,35,46H,18-23,27-28H2,1-5H3/t35-,51-/m1/s1. The molecule has 2 aliphatic rings. The lowest BCUT2D eigenvalue weighted by Crippen LogP contribution is -2.48. The molecule has 10 heteroatoms. The smallest absolute Gasteiger partial charge is 0.272 e. The van der Waals surface area contributed by atoms with Gasteiger partial charge in [-0.1, -0.05) is 54.3 Å². The third-order valence-electron chi connectivity index (χ3n) is 9.29. The minimum absolute atomic E-state index is 0.0772. The van der Waals surface area contributed by atoms with Gasteiger partial charge < -0.3 is 19.5 Å². The van der Waals surface area contributed by atoms with Crippen LogP contribution in [0.2, 0.25) is 0 Å². The van der Waals surface area contributed by atoms with Crippen molar-refractivity contribution in [3.05, 3.63) is 112 Å². The van der Waals surface area contributed by atoms with Crippen molar-refractivity contribution >= 4 is 16.9 Å². The molecule has 2 aliphatic heterocycles. The zero-order valence-corrected chi connectivity index (χ0v) is 30.8. The molecule has 3 aromatic carbocycles. The van der Waals surface area contributed by atoms with Crippen molar-refractivity contribution in [2.75, 3.05) is 47.0 Å². The first-order valence-corrected chi connectivity index (χ1v) is 18.4. The van der Waals surface area contributed by atoms with Crippen molar-refractivity contribution in [2.24, 2.45) is 0 Å². The molecule has 0 saturated carbocycles. The zero-order chi connectivity index (χ0) is 36.1. The van der Waals surface area contributed by atoms with E-state index in [0.29, 0.717) is 48.9 Å². The number of ether oxygens (including phenoxy) is 2. The summed E-state index contributed by atoms with van der Waals surface area (Å²) in [6.45, 7) is 9.78. The summed E-state index contributed by atoms with van der Waals surface area (Å²) in [6.07, 6.45) is 0.388. The number of piperazine rings is 1. The van der Waals surface area contributed by atoms with E-state index in [1.807, 2.05) is 84.6 Å². The number of methoxy groups -OCH3 is 2. The fourth-order valence-corrected chi connectivity index (χ4v) is 8.12. The van der Waals surface area contributed by atoms with Crippen molar-refractivity contribution in [1.29, 1.82) is 0 Å². The molecule has 0 radical (unpaired) electrons. The van der Waals surface area contributed by atoms with E-state index in [9.17, 15) is 14.1 Å². The Morgan fingerprint density at radius 3 is 2.27 bits per heavy atom. The predicted octanol–water partition coefficient (Wildman–Crippen LogP) is 5.82. The molecule has 1 aromatic heterocycles. The first kappa shape index (κ1) is 36.3. The van der Waals surface area contributed by atoms with Crippen LogP contribution >= 0.6 is 0 Å². The minimum atomic E-state index is -1.36. The summed E-state index contributed by atoms with van der Waals surface area (Å²) in [5, 5.41) is 10.2. The largest absolute Gasteiger partial charge is 0.493 e. The number of rotatable bonds is 9. The number of hydrogen-bond acceptors (Lipinski definition) is 7. The topological polar surface area (TPSA) is 95.4 Å². The quantitative estimate of drug-likeness (QED) is 0.219. The van der Waals surface area contributed by atoms with Gasteiger partial charge in [-0.15, -0.1) is 0 Å². The van der Waals surface area contributed by atoms with Crippen LogP contribution in [0.15, 0.2) is 78.9 Å². The minimum Gasteiger partial charge on any atom is -0.493 e. The van der Waals surface area contributed by atoms with Gasteiger partial charge in [0.15, 0.2) is 11.5 Å². The van der Waals surface area contributed by atoms with E-state index in [2.05, 4.69) is 41.0 Å². The van der Waals surface area contributed by atoms with Crippen LogP contribution < -0.4 is 9.47 Å². The fraction of sp³-hybridized carbons (Fsp3) is 0.366. The van der Waals surface area contributed by atoms with Crippen LogP contribution in [0.1, 0.15) is 71.5 Å². The average Bonchev–Trinajstić information content (AvgIpc) is 3.51. The molecular formula is C41H46N4O5S. The molecule has 1 saturated heterocycles.